The fourth-order valence-electron chi connectivity index (χ4n) is 1.49. The first-order valence-electron chi connectivity index (χ1n) is 5.08. The van der Waals surface area contributed by atoms with Crippen LogP contribution in [0.4, 0.5) is 0 Å². The van der Waals surface area contributed by atoms with Gasteiger partial charge >= 0.3 is 5.97 Å². The number of nitrogens with zero attached hydrogens (tertiary/aromatic N) is 2. The van der Waals surface area contributed by atoms with Crippen LogP contribution < -0.4 is 0 Å². The molecule has 0 spiro atoms. The summed E-state index contributed by atoms with van der Waals surface area (Å²) in [4.78, 5) is 15.8. The molecule has 2 aromatic rings. The molecule has 0 unspecified atom stereocenters. The fraction of sp³-hybridized carbons (Fsp3) is 0.273. The molecule has 0 aromatic carbocycles. The van der Waals surface area contributed by atoms with E-state index in [4.69, 9.17) is 5.11 Å². The first kappa shape index (κ1) is 10.9. The van der Waals surface area contributed by atoms with Gasteiger partial charge in [0, 0.05) is 12.4 Å². The maximum absolute atomic E-state index is 11.0. The Morgan fingerprint density at radius 3 is 2.75 bits per heavy atom. The SMILES string of the molecule is CCCc1nc(-n2cccc2)sc1C(=O)O. The summed E-state index contributed by atoms with van der Waals surface area (Å²) in [6.45, 7) is 2.01. The van der Waals surface area contributed by atoms with Crippen molar-refractivity contribution in [1.82, 2.24) is 9.55 Å². The lowest BCUT2D eigenvalue weighted by Crippen LogP contribution is -1.98. The van der Waals surface area contributed by atoms with Crippen LogP contribution in [0, 0.1) is 0 Å². The van der Waals surface area contributed by atoms with Crippen molar-refractivity contribution < 1.29 is 9.90 Å². The molecule has 0 saturated heterocycles. The molecule has 2 aromatic heterocycles. The highest BCUT2D eigenvalue weighted by Crippen LogP contribution is 2.23. The lowest BCUT2D eigenvalue weighted by Gasteiger charge is -1.94. The molecule has 0 radical (unpaired) electrons. The second kappa shape index (κ2) is 4.49. The molecule has 0 aliphatic rings. The Labute approximate surface area is 97.2 Å². The summed E-state index contributed by atoms with van der Waals surface area (Å²) in [7, 11) is 0. The number of carbonyl (C=O) groups is 1. The van der Waals surface area contributed by atoms with E-state index in [2.05, 4.69) is 4.98 Å². The van der Waals surface area contributed by atoms with Gasteiger partial charge in [0.15, 0.2) is 5.13 Å². The quantitative estimate of drug-likeness (QED) is 0.887. The number of aromatic nitrogens is 2. The molecule has 0 aliphatic heterocycles. The van der Waals surface area contributed by atoms with E-state index < -0.39 is 5.97 Å². The highest BCUT2D eigenvalue weighted by atomic mass is 32.1. The van der Waals surface area contributed by atoms with Crippen molar-refractivity contribution in [2.24, 2.45) is 0 Å². The second-order valence-corrected chi connectivity index (χ2v) is 4.40. The average molecular weight is 236 g/mol. The predicted octanol–water partition coefficient (Wildman–Crippen LogP) is 2.58. The van der Waals surface area contributed by atoms with E-state index in [1.54, 1.807) is 0 Å². The van der Waals surface area contributed by atoms with Gasteiger partial charge in [-0.2, -0.15) is 0 Å². The lowest BCUT2D eigenvalue weighted by molar-refractivity contribution is 0.0700. The molecule has 0 aliphatic carbocycles. The summed E-state index contributed by atoms with van der Waals surface area (Å²) in [6.07, 6.45) is 5.33. The fourth-order valence-corrected chi connectivity index (χ4v) is 2.40. The van der Waals surface area contributed by atoms with Crippen molar-refractivity contribution in [2.75, 3.05) is 0 Å². The molecule has 1 N–H and O–H groups in total. The van der Waals surface area contributed by atoms with Crippen LogP contribution in [0.15, 0.2) is 24.5 Å². The van der Waals surface area contributed by atoms with Gasteiger partial charge in [-0.3, -0.25) is 0 Å². The highest BCUT2D eigenvalue weighted by molar-refractivity contribution is 7.16. The Morgan fingerprint density at radius 1 is 1.50 bits per heavy atom. The Balaban J connectivity index is 2.42. The van der Waals surface area contributed by atoms with Gasteiger partial charge in [-0.1, -0.05) is 24.7 Å². The van der Waals surface area contributed by atoms with E-state index in [-0.39, 0.29) is 0 Å². The van der Waals surface area contributed by atoms with Crippen LogP contribution in [0.3, 0.4) is 0 Å². The zero-order chi connectivity index (χ0) is 11.5. The molecule has 0 atom stereocenters. The highest BCUT2D eigenvalue weighted by Gasteiger charge is 2.16. The molecule has 0 bridgehead atoms. The third-order valence-corrected chi connectivity index (χ3v) is 3.29. The maximum atomic E-state index is 11.0. The van der Waals surface area contributed by atoms with E-state index in [1.807, 2.05) is 36.0 Å². The van der Waals surface area contributed by atoms with Gasteiger partial charge in [0.2, 0.25) is 0 Å². The molecule has 4 nitrogen and oxygen atoms in total. The van der Waals surface area contributed by atoms with Crippen LogP contribution >= 0.6 is 11.3 Å². The first-order chi connectivity index (χ1) is 7.72. The first-order valence-corrected chi connectivity index (χ1v) is 5.90. The summed E-state index contributed by atoms with van der Waals surface area (Å²) >= 11 is 1.22. The molecule has 84 valence electrons. The largest absolute Gasteiger partial charge is 0.477 e. The number of rotatable bonds is 4. The Kier molecular flexibility index (Phi) is 3.05. The van der Waals surface area contributed by atoms with Crippen LogP contribution in [-0.2, 0) is 6.42 Å². The standard InChI is InChI=1S/C11H12N2O2S/c1-2-5-8-9(10(14)15)16-11(12-8)13-6-3-4-7-13/h3-4,6-7H,2,5H2,1H3,(H,14,15). The third-order valence-electron chi connectivity index (χ3n) is 2.19. The van der Waals surface area contributed by atoms with Crippen LogP contribution in [0.2, 0.25) is 0 Å². The van der Waals surface area contributed by atoms with Crippen LogP contribution in [0.1, 0.15) is 28.7 Å². The molecule has 0 fully saturated rings. The van der Waals surface area contributed by atoms with Crippen molar-refractivity contribution in [3.63, 3.8) is 0 Å². The van der Waals surface area contributed by atoms with E-state index >= 15 is 0 Å². The second-order valence-electron chi connectivity index (χ2n) is 3.42. The summed E-state index contributed by atoms with van der Waals surface area (Å²) in [5, 5.41) is 9.78. The zero-order valence-corrected chi connectivity index (χ0v) is 9.70. The van der Waals surface area contributed by atoms with Gasteiger partial charge in [0.1, 0.15) is 4.88 Å². The average Bonchev–Trinajstić information content (AvgIpc) is 2.83. The van der Waals surface area contributed by atoms with Gasteiger partial charge in [0.25, 0.3) is 0 Å². The number of thiazole rings is 1. The Morgan fingerprint density at radius 2 is 2.19 bits per heavy atom. The monoisotopic (exact) mass is 236 g/mol. The normalized spacial score (nSPS) is 10.6. The van der Waals surface area contributed by atoms with Gasteiger partial charge < -0.3 is 9.67 Å². The van der Waals surface area contributed by atoms with E-state index in [1.165, 1.54) is 11.3 Å². The molecule has 5 heteroatoms. The predicted molar refractivity (Wildman–Crippen MR) is 62.4 cm³/mol. The molecular weight excluding hydrogens is 224 g/mol. The summed E-state index contributed by atoms with van der Waals surface area (Å²) in [5.41, 5.74) is 0.684. The summed E-state index contributed by atoms with van der Waals surface area (Å²) in [5.74, 6) is -0.889. The topological polar surface area (TPSA) is 55.1 Å². The Hall–Kier alpha value is -1.62. The van der Waals surface area contributed by atoms with Crippen LogP contribution in [-0.4, -0.2) is 20.6 Å². The van der Waals surface area contributed by atoms with Crippen molar-refractivity contribution >= 4 is 17.3 Å². The minimum absolute atomic E-state index is 0.352. The lowest BCUT2D eigenvalue weighted by atomic mass is 10.2. The van der Waals surface area contributed by atoms with Crippen LogP contribution in [0.5, 0.6) is 0 Å². The number of carboxylic acids is 1. The van der Waals surface area contributed by atoms with Crippen molar-refractivity contribution in [2.45, 2.75) is 19.8 Å². The molecule has 2 heterocycles. The van der Waals surface area contributed by atoms with Gasteiger partial charge in [0.05, 0.1) is 5.69 Å². The minimum Gasteiger partial charge on any atom is -0.477 e. The molecular formula is C11H12N2O2S. The summed E-state index contributed by atoms with van der Waals surface area (Å²) < 4.78 is 1.83. The Bertz CT molecular complexity index is 488. The molecule has 0 saturated carbocycles. The third kappa shape index (κ3) is 1.99. The van der Waals surface area contributed by atoms with Crippen molar-refractivity contribution in [1.29, 1.82) is 0 Å². The van der Waals surface area contributed by atoms with Gasteiger partial charge in [-0.05, 0) is 18.6 Å². The smallest absolute Gasteiger partial charge is 0.347 e. The van der Waals surface area contributed by atoms with E-state index in [9.17, 15) is 4.79 Å². The minimum atomic E-state index is -0.889. The van der Waals surface area contributed by atoms with Gasteiger partial charge in [-0.25, -0.2) is 9.78 Å². The van der Waals surface area contributed by atoms with E-state index in [0.29, 0.717) is 22.1 Å². The number of aromatic carboxylic acids is 1. The summed E-state index contributed by atoms with van der Waals surface area (Å²) in [6, 6.07) is 3.78. The number of hydrogen-bond acceptors (Lipinski definition) is 3. The van der Waals surface area contributed by atoms with Crippen LogP contribution in [0.25, 0.3) is 5.13 Å². The number of aryl methyl sites for hydroxylation is 1. The van der Waals surface area contributed by atoms with E-state index in [0.717, 1.165) is 6.42 Å². The number of carboxylic acid groups (broad SMARTS) is 1. The number of hydrogen-bond donors (Lipinski definition) is 1. The molecule has 0 amide bonds. The molecule has 2 rings (SSSR count). The zero-order valence-electron chi connectivity index (χ0n) is 8.88. The van der Waals surface area contributed by atoms with Gasteiger partial charge in [-0.15, -0.1) is 0 Å². The van der Waals surface area contributed by atoms with Crippen molar-refractivity contribution in [3.05, 3.63) is 35.1 Å². The maximum Gasteiger partial charge on any atom is 0.347 e. The van der Waals surface area contributed by atoms with Crippen molar-refractivity contribution in [3.8, 4) is 5.13 Å². The molecule has 16 heavy (non-hydrogen) atoms.